The average Bonchev–Trinajstić information content (AvgIpc) is 2.86. The molecule has 0 unspecified atom stereocenters. The SMILES string of the molecule is Cc1c(CNc2ccc(-c3ccccc3)cc2)cnn1C. The van der Waals surface area contributed by atoms with Crippen LogP contribution in [0.25, 0.3) is 11.1 Å². The largest absolute Gasteiger partial charge is 0.381 e. The lowest BCUT2D eigenvalue weighted by Gasteiger charge is -2.08. The monoisotopic (exact) mass is 277 g/mol. The molecule has 0 aliphatic heterocycles. The lowest BCUT2D eigenvalue weighted by Crippen LogP contribution is -2.01. The van der Waals surface area contributed by atoms with Crippen molar-refractivity contribution in [3.05, 3.63) is 72.1 Å². The van der Waals surface area contributed by atoms with Crippen LogP contribution in [0.3, 0.4) is 0 Å². The van der Waals surface area contributed by atoms with Gasteiger partial charge in [-0.2, -0.15) is 5.10 Å². The van der Waals surface area contributed by atoms with E-state index in [-0.39, 0.29) is 0 Å². The Morgan fingerprint density at radius 1 is 0.952 bits per heavy atom. The molecule has 0 aliphatic carbocycles. The van der Waals surface area contributed by atoms with Crippen molar-refractivity contribution < 1.29 is 0 Å². The molecule has 2 aromatic carbocycles. The van der Waals surface area contributed by atoms with Gasteiger partial charge in [0.25, 0.3) is 0 Å². The summed E-state index contributed by atoms with van der Waals surface area (Å²) in [5.41, 5.74) is 6.02. The maximum Gasteiger partial charge on any atom is 0.0542 e. The average molecular weight is 277 g/mol. The molecule has 0 saturated carbocycles. The van der Waals surface area contributed by atoms with Gasteiger partial charge in [-0.3, -0.25) is 4.68 Å². The van der Waals surface area contributed by atoms with E-state index in [0.29, 0.717) is 0 Å². The summed E-state index contributed by atoms with van der Waals surface area (Å²) in [6.45, 7) is 2.88. The molecule has 0 atom stereocenters. The van der Waals surface area contributed by atoms with Crippen molar-refractivity contribution in [3.8, 4) is 11.1 Å². The minimum absolute atomic E-state index is 0.796. The Labute approximate surface area is 125 Å². The number of hydrogen-bond acceptors (Lipinski definition) is 2. The van der Waals surface area contributed by atoms with Gasteiger partial charge in [0.05, 0.1) is 6.20 Å². The Bertz CT molecular complexity index is 712. The van der Waals surface area contributed by atoms with E-state index in [9.17, 15) is 0 Å². The zero-order chi connectivity index (χ0) is 14.7. The van der Waals surface area contributed by atoms with Crippen LogP contribution >= 0.6 is 0 Å². The van der Waals surface area contributed by atoms with Crippen LogP contribution in [-0.2, 0) is 13.6 Å². The molecule has 0 bridgehead atoms. The van der Waals surface area contributed by atoms with Gasteiger partial charge < -0.3 is 5.32 Å². The van der Waals surface area contributed by atoms with Crippen molar-refractivity contribution in [2.75, 3.05) is 5.32 Å². The summed E-state index contributed by atoms with van der Waals surface area (Å²) in [5.74, 6) is 0. The molecule has 3 heteroatoms. The highest BCUT2D eigenvalue weighted by molar-refractivity contribution is 5.65. The number of benzene rings is 2. The predicted octanol–water partition coefficient (Wildman–Crippen LogP) is 4.01. The highest BCUT2D eigenvalue weighted by Gasteiger charge is 2.03. The number of nitrogens with zero attached hydrogens (tertiary/aromatic N) is 2. The van der Waals surface area contributed by atoms with Gasteiger partial charge in [0.15, 0.2) is 0 Å². The van der Waals surface area contributed by atoms with Gasteiger partial charge in [0, 0.05) is 30.5 Å². The van der Waals surface area contributed by atoms with Crippen LogP contribution in [0, 0.1) is 6.92 Å². The number of nitrogens with one attached hydrogen (secondary N) is 1. The van der Waals surface area contributed by atoms with Gasteiger partial charge in [-0.05, 0) is 30.2 Å². The molecular weight excluding hydrogens is 258 g/mol. The second kappa shape index (κ2) is 5.83. The third-order valence-electron chi connectivity index (χ3n) is 3.81. The fourth-order valence-electron chi connectivity index (χ4n) is 2.33. The van der Waals surface area contributed by atoms with E-state index in [1.807, 2.05) is 24.0 Å². The summed E-state index contributed by atoms with van der Waals surface area (Å²) in [4.78, 5) is 0. The van der Waals surface area contributed by atoms with Crippen LogP contribution in [0.1, 0.15) is 11.3 Å². The van der Waals surface area contributed by atoms with Crippen LogP contribution in [0.15, 0.2) is 60.8 Å². The molecule has 1 N–H and O–H groups in total. The molecular formula is C18H19N3. The molecule has 0 spiro atoms. The minimum atomic E-state index is 0.796. The van der Waals surface area contributed by atoms with Crippen molar-refractivity contribution in [2.24, 2.45) is 7.05 Å². The molecule has 1 aromatic heterocycles. The van der Waals surface area contributed by atoms with Crippen LogP contribution in [0.4, 0.5) is 5.69 Å². The minimum Gasteiger partial charge on any atom is -0.381 e. The van der Waals surface area contributed by atoms with Gasteiger partial charge in [-0.15, -0.1) is 0 Å². The second-order valence-electron chi connectivity index (χ2n) is 5.18. The molecule has 106 valence electrons. The Morgan fingerprint density at radius 3 is 2.24 bits per heavy atom. The standard InChI is InChI=1S/C18H19N3/c1-14-17(13-20-21(14)2)12-19-18-10-8-16(9-11-18)15-6-4-3-5-7-15/h3-11,13,19H,12H2,1-2H3. The maximum absolute atomic E-state index is 4.26. The third-order valence-corrected chi connectivity index (χ3v) is 3.81. The van der Waals surface area contributed by atoms with E-state index in [2.05, 4.69) is 65.9 Å². The number of hydrogen-bond donors (Lipinski definition) is 1. The maximum atomic E-state index is 4.26. The number of anilines is 1. The third kappa shape index (κ3) is 2.97. The van der Waals surface area contributed by atoms with E-state index >= 15 is 0 Å². The summed E-state index contributed by atoms with van der Waals surface area (Å²) in [5, 5.41) is 7.70. The molecule has 0 radical (unpaired) electrons. The summed E-state index contributed by atoms with van der Waals surface area (Å²) in [6, 6.07) is 18.9. The first-order valence-corrected chi connectivity index (χ1v) is 7.11. The van der Waals surface area contributed by atoms with Gasteiger partial charge in [0.2, 0.25) is 0 Å². The molecule has 21 heavy (non-hydrogen) atoms. The number of aromatic nitrogens is 2. The normalized spacial score (nSPS) is 10.6. The summed E-state index contributed by atoms with van der Waals surface area (Å²) in [7, 11) is 1.97. The highest BCUT2D eigenvalue weighted by atomic mass is 15.3. The smallest absolute Gasteiger partial charge is 0.0542 e. The summed E-state index contributed by atoms with van der Waals surface area (Å²) >= 11 is 0. The van der Waals surface area contributed by atoms with Gasteiger partial charge in [-0.25, -0.2) is 0 Å². The fraction of sp³-hybridized carbons (Fsp3) is 0.167. The van der Waals surface area contributed by atoms with E-state index in [1.165, 1.54) is 22.4 Å². The van der Waals surface area contributed by atoms with E-state index in [4.69, 9.17) is 0 Å². The Morgan fingerprint density at radius 2 is 1.62 bits per heavy atom. The first-order valence-electron chi connectivity index (χ1n) is 7.11. The molecule has 0 fully saturated rings. The topological polar surface area (TPSA) is 29.9 Å². The van der Waals surface area contributed by atoms with Crippen LogP contribution in [0.2, 0.25) is 0 Å². The molecule has 3 aromatic rings. The highest BCUT2D eigenvalue weighted by Crippen LogP contribution is 2.21. The molecule has 3 nitrogen and oxygen atoms in total. The summed E-state index contributed by atoms with van der Waals surface area (Å²) < 4.78 is 1.90. The molecule has 0 aliphatic rings. The van der Waals surface area contributed by atoms with E-state index in [1.54, 1.807) is 0 Å². The van der Waals surface area contributed by atoms with Crippen LogP contribution in [0.5, 0.6) is 0 Å². The van der Waals surface area contributed by atoms with E-state index < -0.39 is 0 Å². The quantitative estimate of drug-likeness (QED) is 0.781. The molecule has 1 heterocycles. The number of aryl methyl sites for hydroxylation is 1. The fourth-order valence-corrected chi connectivity index (χ4v) is 2.33. The van der Waals surface area contributed by atoms with Crippen molar-refractivity contribution >= 4 is 5.69 Å². The number of rotatable bonds is 4. The molecule has 3 rings (SSSR count). The predicted molar refractivity (Wildman–Crippen MR) is 87.1 cm³/mol. The van der Waals surface area contributed by atoms with Gasteiger partial charge >= 0.3 is 0 Å². The van der Waals surface area contributed by atoms with Crippen LogP contribution < -0.4 is 5.32 Å². The zero-order valence-electron chi connectivity index (χ0n) is 12.4. The lowest BCUT2D eigenvalue weighted by atomic mass is 10.1. The van der Waals surface area contributed by atoms with Crippen molar-refractivity contribution in [3.63, 3.8) is 0 Å². The first-order chi connectivity index (χ1) is 10.2. The lowest BCUT2D eigenvalue weighted by molar-refractivity contribution is 0.738. The van der Waals surface area contributed by atoms with Crippen LogP contribution in [-0.4, -0.2) is 9.78 Å². The Kier molecular flexibility index (Phi) is 3.73. The van der Waals surface area contributed by atoms with Crippen molar-refractivity contribution in [2.45, 2.75) is 13.5 Å². The molecule has 0 saturated heterocycles. The van der Waals surface area contributed by atoms with Gasteiger partial charge in [0.1, 0.15) is 0 Å². The Balaban J connectivity index is 1.69. The van der Waals surface area contributed by atoms with Gasteiger partial charge in [-0.1, -0.05) is 42.5 Å². The van der Waals surface area contributed by atoms with Crippen molar-refractivity contribution in [1.29, 1.82) is 0 Å². The molecule has 0 amide bonds. The van der Waals surface area contributed by atoms with E-state index in [0.717, 1.165) is 12.2 Å². The zero-order valence-corrected chi connectivity index (χ0v) is 12.4. The Hall–Kier alpha value is -2.55. The second-order valence-corrected chi connectivity index (χ2v) is 5.18. The first kappa shape index (κ1) is 13.4. The summed E-state index contributed by atoms with van der Waals surface area (Å²) in [6.07, 6.45) is 1.92. The van der Waals surface area contributed by atoms with Crippen molar-refractivity contribution in [1.82, 2.24) is 9.78 Å².